The number of amides is 1. The lowest BCUT2D eigenvalue weighted by Gasteiger charge is -2.19. The molecular weight excluding hydrogens is 226 g/mol. The first-order valence-electron chi connectivity index (χ1n) is 7.47. The van der Waals surface area contributed by atoms with E-state index < -0.39 is 0 Å². The lowest BCUT2D eigenvalue weighted by molar-refractivity contribution is -0.129. The lowest BCUT2D eigenvalue weighted by Crippen LogP contribution is -2.39. The van der Waals surface area contributed by atoms with Gasteiger partial charge in [-0.05, 0) is 52.1 Å². The quantitative estimate of drug-likeness (QED) is 0.733. The van der Waals surface area contributed by atoms with E-state index in [4.69, 9.17) is 0 Å². The molecule has 18 heavy (non-hydrogen) atoms. The zero-order chi connectivity index (χ0) is 13.0. The monoisotopic (exact) mass is 253 g/mol. The van der Waals surface area contributed by atoms with Crippen molar-refractivity contribution in [1.29, 1.82) is 0 Å². The summed E-state index contributed by atoms with van der Waals surface area (Å²) in [7, 11) is 0. The van der Waals surface area contributed by atoms with Crippen LogP contribution in [0.5, 0.6) is 0 Å². The molecule has 4 nitrogen and oxygen atoms in total. The molecule has 1 saturated carbocycles. The first kappa shape index (κ1) is 13.8. The highest BCUT2D eigenvalue weighted by Crippen LogP contribution is 2.31. The molecule has 4 heteroatoms. The Kier molecular flexibility index (Phi) is 5.01. The van der Waals surface area contributed by atoms with E-state index in [0.29, 0.717) is 6.54 Å². The molecule has 0 radical (unpaired) electrons. The van der Waals surface area contributed by atoms with Crippen LogP contribution in [0.25, 0.3) is 0 Å². The van der Waals surface area contributed by atoms with E-state index >= 15 is 0 Å². The van der Waals surface area contributed by atoms with Crippen molar-refractivity contribution in [3.8, 4) is 0 Å². The maximum atomic E-state index is 11.8. The maximum absolute atomic E-state index is 11.8. The first-order valence-corrected chi connectivity index (χ1v) is 7.47. The SMILES string of the molecule is CCN(CC)C(=O)CNCC1CCN(C2CC2)C1. The van der Waals surface area contributed by atoms with Gasteiger partial charge in [0, 0.05) is 25.7 Å². The molecule has 0 bridgehead atoms. The average Bonchev–Trinajstić information content (AvgIpc) is 3.11. The number of likely N-dealkylation sites (N-methyl/N-ethyl adjacent to an activating group) is 1. The molecule has 2 aliphatic rings. The zero-order valence-corrected chi connectivity index (χ0v) is 11.8. The summed E-state index contributed by atoms with van der Waals surface area (Å²) in [5, 5.41) is 3.34. The fourth-order valence-corrected chi connectivity index (χ4v) is 2.87. The summed E-state index contributed by atoms with van der Waals surface area (Å²) in [6.45, 7) is 9.69. The molecule has 1 atom stereocenters. The van der Waals surface area contributed by atoms with Crippen LogP contribution in [0.1, 0.15) is 33.1 Å². The molecule has 0 aromatic heterocycles. The molecule has 1 aliphatic heterocycles. The van der Waals surface area contributed by atoms with E-state index in [9.17, 15) is 4.79 Å². The normalized spacial score (nSPS) is 24.4. The third kappa shape index (κ3) is 3.69. The van der Waals surface area contributed by atoms with E-state index in [1.807, 2.05) is 18.7 Å². The standard InChI is InChI=1S/C14H27N3O/c1-3-16(4-2)14(18)10-15-9-12-7-8-17(11-12)13-5-6-13/h12-13,15H,3-11H2,1-2H3. The van der Waals surface area contributed by atoms with Crippen LogP contribution >= 0.6 is 0 Å². The minimum Gasteiger partial charge on any atom is -0.342 e. The van der Waals surface area contributed by atoms with Gasteiger partial charge in [0.05, 0.1) is 6.54 Å². The van der Waals surface area contributed by atoms with Gasteiger partial charge in [-0.3, -0.25) is 4.79 Å². The molecule has 0 aromatic rings. The van der Waals surface area contributed by atoms with Gasteiger partial charge in [-0.25, -0.2) is 0 Å². The van der Waals surface area contributed by atoms with Gasteiger partial charge in [0.15, 0.2) is 0 Å². The summed E-state index contributed by atoms with van der Waals surface area (Å²) in [5.41, 5.74) is 0. The number of hydrogen-bond donors (Lipinski definition) is 1. The molecule has 0 aromatic carbocycles. The number of carbonyl (C=O) groups excluding carboxylic acids is 1. The third-order valence-corrected chi connectivity index (χ3v) is 4.21. The number of hydrogen-bond acceptors (Lipinski definition) is 3. The molecule has 104 valence electrons. The van der Waals surface area contributed by atoms with Crippen molar-refractivity contribution in [1.82, 2.24) is 15.1 Å². The second-order valence-electron chi connectivity index (χ2n) is 5.58. The Balaban J connectivity index is 1.59. The summed E-state index contributed by atoms with van der Waals surface area (Å²) >= 11 is 0. The molecule has 1 amide bonds. The Morgan fingerprint density at radius 3 is 2.61 bits per heavy atom. The lowest BCUT2D eigenvalue weighted by atomic mass is 10.1. The molecule has 2 rings (SSSR count). The summed E-state index contributed by atoms with van der Waals surface area (Å²) in [6.07, 6.45) is 4.10. The van der Waals surface area contributed by atoms with Crippen molar-refractivity contribution in [2.75, 3.05) is 39.3 Å². The van der Waals surface area contributed by atoms with Crippen molar-refractivity contribution in [3.05, 3.63) is 0 Å². The molecule has 1 heterocycles. The van der Waals surface area contributed by atoms with Crippen LogP contribution < -0.4 is 5.32 Å². The van der Waals surface area contributed by atoms with Gasteiger partial charge < -0.3 is 15.1 Å². The summed E-state index contributed by atoms with van der Waals surface area (Å²) < 4.78 is 0. The number of rotatable bonds is 7. The fraction of sp³-hybridized carbons (Fsp3) is 0.929. The van der Waals surface area contributed by atoms with Gasteiger partial charge in [0.2, 0.25) is 5.91 Å². The zero-order valence-electron chi connectivity index (χ0n) is 11.8. The summed E-state index contributed by atoms with van der Waals surface area (Å²) in [4.78, 5) is 16.3. The predicted molar refractivity (Wildman–Crippen MR) is 73.5 cm³/mol. The summed E-state index contributed by atoms with van der Waals surface area (Å²) in [5.74, 6) is 0.979. The van der Waals surface area contributed by atoms with Gasteiger partial charge in [-0.1, -0.05) is 0 Å². The number of nitrogens with zero attached hydrogens (tertiary/aromatic N) is 2. The topological polar surface area (TPSA) is 35.6 Å². The first-order chi connectivity index (χ1) is 8.74. The van der Waals surface area contributed by atoms with E-state index in [1.54, 1.807) is 0 Å². The van der Waals surface area contributed by atoms with Crippen LogP contribution in [0.4, 0.5) is 0 Å². The van der Waals surface area contributed by atoms with Crippen molar-refractivity contribution in [2.24, 2.45) is 5.92 Å². The largest absolute Gasteiger partial charge is 0.342 e. The Labute approximate surface area is 111 Å². The minimum atomic E-state index is 0.233. The van der Waals surface area contributed by atoms with Crippen molar-refractivity contribution < 1.29 is 4.79 Å². The molecule has 2 fully saturated rings. The smallest absolute Gasteiger partial charge is 0.236 e. The summed E-state index contributed by atoms with van der Waals surface area (Å²) in [6, 6.07) is 0.896. The fourth-order valence-electron chi connectivity index (χ4n) is 2.87. The van der Waals surface area contributed by atoms with Crippen LogP contribution in [-0.4, -0.2) is 61.0 Å². The second-order valence-corrected chi connectivity index (χ2v) is 5.58. The minimum absolute atomic E-state index is 0.233. The van der Waals surface area contributed by atoms with Gasteiger partial charge in [-0.15, -0.1) is 0 Å². The highest BCUT2D eigenvalue weighted by molar-refractivity contribution is 5.78. The predicted octanol–water partition coefficient (Wildman–Crippen LogP) is 0.929. The molecule has 1 unspecified atom stereocenters. The van der Waals surface area contributed by atoms with E-state index in [-0.39, 0.29) is 5.91 Å². The Bertz CT molecular complexity index is 274. The van der Waals surface area contributed by atoms with Gasteiger partial charge >= 0.3 is 0 Å². The van der Waals surface area contributed by atoms with Gasteiger partial charge in [0.1, 0.15) is 0 Å². The van der Waals surface area contributed by atoms with Crippen molar-refractivity contribution >= 4 is 5.91 Å². The molecular formula is C14H27N3O. The maximum Gasteiger partial charge on any atom is 0.236 e. The van der Waals surface area contributed by atoms with Crippen molar-refractivity contribution in [3.63, 3.8) is 0 Å². The van der Waals surface area contributed by atoms with Crippen LogP contribution in [0.15, 0.2) is 0 Å². The number of carbonyl (C=O) groups is 1. The van der Waals surface area contributed by atoms with E-state index in [1.165, 1.54) is 32.4 Å². The van der Waals surface area contributed by atoms with Gasteiger partial charge in [-0.2, -0.15) is 0 Å². The van der Waals surface area contributed by atoms with Gasteiger partial charge in [0.25, 0.3) is 0 Å². The molecule has 1 aliphatic carbocycles. The molecule has 0 spiro atoms. The Morgan fingerprint density at radius 2 is 2.00 bits per heavy atom. The molecule has 1 saturated heterocycles. The van der Waals surface area contributed by atoms with Crippen LogP contribution in [0.2, 0.25) is 0 Å². The van der Waals surface area contributed by atoms with E-state index in [2.05, 4.69) is 10.2 Å². The third-order valence-electron chi connectivity index (χ3n) is 4.21. The van der Waals surface area contributed by atoms with Crippen LogP contribution in [0, 0.1) is 5.92 Å². The molecule has 1 N–H and O–H groups in total. The van der Waals surface area contributed by atoms with Crippen LogP contribution in [0.3, 0.4) is 0 Å². The van der Waals surface area contributed by atoms with Crippen LogP contribution in [-0.2, 0) is 4.79 Å². The Morgan fingerprint density at radius 1 is 1.28 bits per heavy atom. The van der Waals surface area contributed by atoms with E-state index in [0.717, 1.165) is 31.6 Å². The number of likely N-dealkylation sites (tertiary alicyclic amines) is 1. The Hall–Kier alpha value is -0.610. The van der Waals surface area contributed by atoms with Crippen molar-refractivity contribution in [2.45, 2.75) is 39.2 Å². The second kappa shape index (κ2) is 6.53. The highest BCUT2D eigenvalue weighted by atomic mass is 16.2. The highest BCUT2D eigenvalue weighted by Gasteiger charge is 2.34. The average molecular weight is 253 g/mol. The number of nitrogens with one attached hydrogen (secondary N) is 1.